The molecule has 2 atom stereocenters. The van der Waals surface area contributed by atoms with Crippen molar-refractivity contribution in [2.45, 2.75) is 76.3 Å². The fourth-order valence-electron chi connectivity index (χ4n) is 5.42. The molecule has 1 aliphatic carbocycles. The van der Waals surface area contributed by atoms with E-state index in [0.29, 0.717) is 6.54 Å². The average molecular weight is 567 g/mol. The Kier molecular flexibility index (Phi) is 10.4. The molecule has 6 nitrogen and oxygen atoms in total. The molecule has 38 heavy (non-hydrogen) atoms. The number of hydrogen-bond donors (Lipinski definition) is 1. The minimum atomic E-state index is -4.13. The van der Waals surface area contributed by atoms with Crippen molar-refractivity contribution >= 4 is 27.5 Å². The zero-order chi connectivity index (χ0) is 28.1. The molecule has 2 aromatic rings. The van der Waals surface area contributed by atoms with Crippen LogP contribution in [0.15, 0.2) is 53.4 Å². The van der Waals surface area contributed by atoms with Crippen molar-refractivity contribution in [1.82, 2.24) is 9.21 Å². The number of nitrogens with zero attached hydrogens (tertiary/aromatic N) is 2. The van der Waals surface area contributed by atoms with Gasteiger partial charge in [0.15, 0.2) is 0 Å². The maximum Gasteiger partial charge on any atom is 0.243 e. The van der Waals surface area contributed by atoms with Gasteiger partial charge in [0.05, 0.1) is 21.6 Å². The molecule has 1 N–H and O–H groups in total. The normalized spacial score (nSPS) is 17.4. The third-order valence-corrected chi connectivity index (χ3v) is 9.70. The number of carbonyl (C=O) groups is 1. The lowest BCUT2D eigenvalue weighted by atomic mass is 9.81. The van der Waals surface area contributed by atoms with Crippen LogP contribution in [0.5, 0.6) is 0 Å². The summed E-state index contributed by atoms with van der Waals surface area (Å²) in [6.07, 6.45) is 3.50. The first-order valence-electron chi connectivity index (χ1n) is 13.4. The molecule has 1 amide bonds. The largest absolute Gasteiger partial charge is 0.389 e. The van der Waals surface area contributed by atoms with Crippen molar-refractivity contribution < 1.29 is 22.7 Å². The highest BCUT2D eigenvalue weighted by atomic mass is 35.5. The van der Waals surface area contributed by atoms with Crippen molar-refractivity contribution in [3.63, 3.8) is 0 Å². The van der Waals surface area contributed by atoms with Crippen LogP contribution in [0.4, 0.5) is 4.39 Å². The Morgan fingerprint density at radius 3 is 2.29 bits per heavy atom. The second-order valence-corrected chi connectivity index (χ2v) is 13.1. The molecule has 0 unspecified atom stereocenters. The molecule has 3 rings (SSSR count). The third-order valence-electron chi connectivity index (χ3n) is 7.58. The Morgan fingerprint density at radius 1 is 1.11 bits per heavy atom. The molecule has 0 spiro atoms. The van der Waals surface area contributed by atoms with Gasteiger partial charge in [-0.3, -0.25) is 4.79 Å². The Morgan fingerprint density at radius 2 is 1.74 bits per heavy atom. The molecule has 9 heteroatoms. The topological polar surface area (TPSA) is 77.9 Å². The number of amides is 1. The summed E-state index contributed by atoms with van der Waals surface area (Å²) >= 11 is 5.91. The Labute approximate surface area is 231 Å². The fraction of sp³-hybridized carbons (Fsp3) is 0.552. The summed E-state index contributed by atoms with van der Waals surface area (Å²) < 4.78 is 42.4. The van der Waals surface area contributed by atoms with Gasteiger partial charge in [0, 0.05) is 25.6 Å². The second kappa shape index (κ2) is 12.9. The van der Waals surface area contributed by atoms with Crippen LogP contribution >= 0.6 is 11.6 Å². The molecule has 0 aliphatic heterocycles. The van der Waals surface area contributed by atoms with Crippen molar-refractivity contribution in [3.05, 3.63) is 64.9 Å². The molecule has 0 heterocycles. The Hall–Kier alpha value is -2.00. The number of sulfonamides is 1. The van der Waals surface area contributed by atoms with E-state index in [1.807, 2.05) is 58.0 Å². The molecule has 210 valence electrons. The number of halogens is 2. The van der Waals surface area contributed by atoms with Gasteiger partial charge < -0.3 is 10.0 Å². The van der Waals surface area contributed by atoms with Gasteiger partial charge in [-0.25, -0.2) is 12.8 Å². The number of rotatable bonds is 11. The molecule has 1 fully saturated rings. The molecular weight excluding hydrogens is 527 g/mol. The van der Waals surface area contributed by atoms with Crippen LogP contribution in [-0.4, -0.2) is 54.4 Å². The number of hydrogen-bond acceptors (Lipinski definition) is 4. The van der Waals surface area contributed by atoms with Gasteiger partial charge in [-0.1, -0.05) is 75.0 Å². The highest BCUT2D eigenvalue weighted by Gasteiger charge is 2.46. The highest BCUT2D eigenvalue weighted by molar-refractivity contribution is 7.89. The quantitative estimate of drug-likeness (QED) is 0.371. The molecule has 0 bridgehead atoms. The minimum absolute atomic E-state index is 0.0128. The predicted molar refractivity (Wildman–Crippen MR) is 149 cm³/mol. The van der Waals surface area contributed by atoms with Crippen LogP contribution < -0.4 is 0 Å². The molecule has 1 saturated carbocycles. The van der Waals surface area contributed by atoms with Crippen LogP contribution in [-0.2, 0) is 20.4 Å². The van der Waals surface area contributed by atoms with E-state index in [2.05, 4.69) is 0 Å². The monoisotopic (exact) mass is 566 g/mol. The Balaban J connectivity index is 2.04. The number of benzene rings is 2. The zero-order valence-corrected chi connectivity index (χ0v) is 24.3. The van der Waals surface area contributed by atoms with E-state index in [9.17, 15) is 22.7 Å². The van der Waals surface area contributed by atoms with Crippen molar-refractivity contribution in [3.8, 4) is 0 Å². The molecule has 0 aromatic heterocycles. The first kappa shape index (κ1) is 30.5. The minimum Gasteiger partial charge on any atom is -0.389 e. The van der Waals surface area contributed by atoms with Crippen LogP contribution in [0.3, 0.4) is 0 Å². The summed E-state index contributed by atoms with van der Waals surface area (Å²) in [5.41, 5.74) is -0.458. The molecule has 1 aliphatic rings. The first-order valence-corrected chi connectivity index (χ1v) is 15.2. The summed E-state index contributed by atoms with van der Waals surface area (Å²) in [7, 11) is -4.13. The number of aliphatic hydroxyl groups excluding tert-OH is 1. The lowest BCUT2D eigenvalue weighted by molar-refractivity contribution is -0.149. The van der Waals surface area contributed by atoms with E-state index >= 15 is 0 Å². The maximum atomic E-state index is 13.8. The standard InChI is InChI=1S/C29H40ClFN2O4S/c1-5-33(28(35)22-12-8-6-9-13-22)29(4,23-14-10-7-11-15-23)27(34)20-32(19-21(2)3)38(36,37)24-16-17-26(31)25(30)18-24/h7,10-11,14-18,21-22,27,34H,5-6,8-9,12-13,19-20H2,1-4H3/t27-,29+/m1/s1. The van der Waals surface area contributed by atoms with Crippen LogP contribution in [0, 0.1) is 17.7 Å². The molecule has 2 aromatic carbocycles. The van der Waals surface area contributed by atoms with Gasteiger partial charge in [0.2, 0.25) is 15.9 Å². The van der Waals surface area contributed by atoms with Crippen molar-refractivity contribution in [2.75, 3.05) is 19.6 Å². The molecule has 0 radical (unpaired) electrons. The second-order valence-electron chi connectivity index (χ2n) is 10.7. The van der Waals surface area contributed by atoms with Gasteiger partial charge in [0.25, 0.3) is 0 Å². The third kappa shape index (κ3) is 6.58. The van der Waals surface area contributed by atoms with Crippen LogP contribution in [0.1, 0.15) is 65.4 Å². The summed E-state index contributed by atoms with van der Waals surface area (Å²) in [4.78, 5) is 15.4. The van der Waals surface area contributed by atoms with Crippen molar-refractivity contribution in [1.29, 1.82) is 0 Å². The van der Waals surface area contributed by atoms with Crippen molar-refractivity contribution in [2.24, 2.45) is 11.8 Å². The lowest BCUT2D eigenvalue weighted by Crippen LogP contribution is -2.59. The van der Waals surface area contributed by atoms with E-state index in [0.717, 1.165) is 49.8 Å². The summed E-state index contributed by atoms with van der Waals surface area (Å²) in [5, 5.41) is 11.6. The van der Waals surface area contributed by atoms with Crippen LogP contribution in [0.2, 0.25) is 5.02 Å². The van der Waals surface area contributed by atoms with E-state index in [4.69, 9.17) is 11.6 Å². The molecular formula is C29H40ClFN2O4S. The van der Waals surface area contributed by atoms with Gasteiger partial charge >= 0.3 is 0 Å². The molecule has 0 saturated heterocycles. The first-order chi connectivity index (χ1) is 17.9. The lowest BCUT2D eigenvalue weighted by Gasteiger charge is -2.47. The fourth-order valence-corrected chi connectivity index (χ4v) is 7.30. The number of aliphatic hydroxyl groups is 1. The van der Waals surface area contributed by atoms with Gasteiger partial charge in [-0.05, 0) is 56.4 Å². The van der Waals surface area contributed by atoms with Crippen LogP contribution in [0.25, 0.3) is 0 Å². The van der Waals surface area contributed by atoms with E-state index in [-0.39, 0.29) is 40.8 Å². The average Bonchev–Trinajstić information content (AvgIpc) is 2.90. The zero-order valence-electron chi connectivity index (χ0n) is 22.7. The van der Waals surface area contributed by atoms with E-state index in [1.54, 1.807) is 4.90 Å². The summed E-state index contributed by atoms with van der Waals surface area (Å²) in [5.74, 6) is -0.892. The maximum absolute atomic E-state index is 13.8. The van der Waals surface area contributed by atoms with Gasteiger partial charge in [0.1, 0.15) is 5.82 Å². The smallest absolute Gasteiger partial charge is 0.243 e. The predicted octanol–water partition coefficient (Wildman–Crippen LogP) is 5.83. The van der Waals surface area contributed by atoms with Gasteiger partial charge in [-0.15, -0.1) is 0 Å². The number of carbonyl (C=O) groups excluding carboxylic acids is 1. The van der Waals surface area contributed by atoms with E-state index in [1.165, 1.54) is 10.4 Å². The highest BCUT2D eigenvalue weighted by Crippen LogP contribution is 2.37. The van der Waals surface area contributed by atoms with Gasteiger partial charge in [-0.2, -0.15) is 4.31 Å². The van der Waals surface area contributed by atoms with E-state index < -0.39 is 27.5 Å². The summed E-state index contributed by atoms with van der Waals surface area (Å²) in [6.45, 7) is 7.70. The SMILES string of the molecule is CCN(C(=O)C1CCCCC1)[C@@](C)(c1ccccc1)[C@H](O)CN(CC(C)C)S(=O)(=O)c1ccc(F)c(Cl)c1. The summed E-state index contributed by atoms with van der Waals surface area (Å²) in [6, 6.07) is 12.6. The Bertz CT molecular complexity index is 1190. The number of likely N-dealkylation sites (N-methyl/N-ethyl adjacent to an activating group) is 1.